The van der Waals surface area contributed by atoms with Crippen LogP contribution in [0.2, 0.25) is 0 Å². The predicted octanol–water partition coefficient (Wildman–Crippen LogP) is 1.24. The Hall–Kier alpha value is -0.570. The van der Waals surface area contributed by atoms with Gasteiger partial charge in [-0.1, -0.05) is 6.92 Å². The van der Waals surface area contributed by atoms with Crippen LogP contribution in [0.3, 0.4) is 0 Å². The van der Waals surface area contributed by atoms with Crippen molar-refractivity contribution in [1.29, 1.82) is 0 Å². The SMILES string of the molecule is CCCN(C)C(=O)CCC1CCNC1. The molecule has 0 aromatic carbocycles. The van der Waals surface area contributed by atoms with Gasteiger partial charge in [-0.05, 0) is 38.3 Å². The zero-order valence-electron chi connectivity index (χ0n) is 9.38. The maximum Gasteiger partial charge on any atom is 0.222 e. The summed E-state index contributed by atoms with van der Waals surface area (Å²) < 4.78 is 0. The molecule has 1 amide bonds. The van der Waals surface area contributed by atoms with Crippen molar-refractivity contribution < 1.29 is 4.79 Å². The van der Waals surface area contributed by atoms with Crippen molar-refractivity contribution in [2.24, 2.45) is 5.92 Å². The predicted molar refractivity (Wildman–Crippen MR) is 58.1 cm³/mol. The number of nitrogens with zero attached hydrogens (tertiary/aromatic N) is 1. The van der Waals surface area contributed by atoms with Crippen LogP contribution in [0.4, 0.5) is 0 Å². The number of carbonyl (C=O) groups is 1. The molecule has 1 unspecified atom stereocenters. The average Bonchev–Trinajstić information content (AvgIpc) is 2.67. The van der Waals surface area contributed by atoms with Gasteiger partial charge in [0.15, 0.2) is 0 Å². The maximum atomic E-state index is 11.6. The van der Waals surface area contributed by atoms with Gasteiger partial charge in [-0.3, -0.25) is 4.79 Å². The summed E-state index contributed by atoms with van der Waals surface area (Å²) in [5.41, 5.74) is 0. The van der Waals surface area contributed by atoms with Crippen LogP contribution in [0.15, 0.2) is 0 Å². The first-order chi connectivity index (χ1) is 6.74. The molecule has 1 rings (SSSR count). The van der Waals surface area contributed by atoms with Crippen molar-refractivity contribution in [3.05, 3.63) is 0 Å². The number of hydrogen-bond acceptors (Lipinski definition) is 2. The maximum absolute atomic E-state index is 11.6. The second kappa shape index (κ2) is 6.02. The molecule has 1 aliphatic rings. The summed E-state index contributed by atoms with van der Waals surface area (Å²) in [7, 11) is 1.90. The Morgan fingerprint density at radius 3 is 2.93 bits per heavy atom. The monoisotopic (exact) mass is 198 g/mol. The first kappa shape index (κ1) is 11.5. The highest BCUT2D eigenvalue weighted by Crippen LogP contribution is 2.14. The zero-order chi connectivity index (χ0) is 10.4. The lowest BCUT2D eigenvalue weighted by molar-refractivity contribution is -0.130. The van der Waals surface area contributed by atoms with E-state index in [2.05, 4.69) is 12.2 Å². The van der Waals surface area contributed by atoms with Gasteiger partial charge < -0.3 is 10.2 Å². The molecule has 1 heterocycles. The van der Waals surface area contributed by atoms with Gasteiger partial charge in [-0.15, -0.1) is 0 Å². The van der Waals surface area contributed by atoms with Gasteiger partial charge in [0.1, 0.15) is 0 Å². The lowest BCUT2D eigenvalue weighted by atomic mass is 10.0. The quantitative estimate of drug-likeness (QED) is 0.721. The standard InChI is InChI=1S/C11H22N2O/c1-3-8-13(2)11(14)5-4-10-6-7-12-9-10/h10,12H,3-9H2,1-2H3. The number of amides is 1. The van der Waals surface area contributed by atoms with Gasteiger partial charge in [0.05, 0.1) is 0 Å². The normalized spacial score (nSPS) is 21.1. The van der Waals surface area contributed by atoms with Gasteiger partial charge in [-0.25, -0.2) is 0 Å². The molecular formula is C11H22N2O. The molecule has 0 bridgehead atoms. The average molecular weight is 198 g/mol. The first-order valence-electron chi connectivity index (χ1n) is 5.68. The third-order valence-corrected chi connectivity index (χ3v) is 2.91. The molecule has 1 aliphatic heterocycles. The van der Waals surface area contributed by atoms with Crippen molar-refractivity contribution in [1.82, 2.24) is 10.2 Å². The van der Waals surface area contributed by atoms with Crippen LogP contribution < -0.4 is 5.32 Å². The lowest BCUT2D eigenvalue weighted by Crippen LogP contribution is -2.27. The second-order valence-corrected chi connectivity index (χ2v) is 4.21. The molecule has 1 saturated heterocycles. The number of carbonyl (C=O) groups excluding carboxylic acids is 1. The Bertz CT molecular complexity index is 176. The first-order valence-corrected chi connectivity index (χ1v) is 5.68. The van der Waals surface area contributed by atoms with Gasteiger partial charge in [0, 0.05) is 20.0 Å². The summed E-state index contributed by atoms with van der Waals surface area (Å²) in [6.45, 7) is 5.22. The molecule has 1 atom stereocenters. The van der Waals surface area contributed by atoms with E-state index in [1.54, 1.807) is 0 Å². The zero-order valence-corrected chi connectivity index (χ0v) is 9.38. The Morgan fingerprint density at radius 2 is 2.36 bits per heavy atom. The molecular weight excluding hydrogens is 176 g/mol. The van der Waals surface area contributed by atoms with E-state index < -0.39 is 0 Å². The van der Waals surface area contributed by atoms with Crippen LogP contribution in [0, 0.1) is 5.92 Å². The molecule has 3 heteroatoms. The van der Waals surface area contributed by atoms with Crippen molar-refractivity contribution >= 4 is 5.91 Å². The Kier molecular flexibility index (Phi) is 4.94. The van der Waals surface area contributed by atoms with Crippen molar-refractivity contribution in [3.8, 4) is 0 Å². The fourth-order valence-corrected chi connectivity index (χ4v) is 1.94. The van der Waals surface area contributed by atoms with Gasteiger partial charge >= 0.3 is 0 Å². The van der Waals surface area contributed by atoms with Crippen LogP contribution in [0.5, 0.6) is 0 Å². The molecule has 0 aromatic rings. The number of nitrogens with one attached hydrogen (secondary N) is 1. The Morgan fingerprint density at radius 1 is 1.57 bits per heavy atom. The summed E-state index contributed by atoms with van der Waals surface area (Å²) in [6, 6.07) is 0. The van der Waals surface area contributed by atoms with Crippen molar-refractivity contribution in [2.45, 2.75) is 32.6 Å². The highest BCUT2D eigenvalue weighted by Gasteiger charge is 2.16. The van der Waals surface area contributed by atoms with Crippen LogP contribution in [-0.4, -0.2) is 37.5 Å². The number of hydrogen-bond donors (Lipinski definition) is 1. The van der Waals surface area contributed by atoms with E-state index in [0.717, 1.165) is 44.8 Å². The highest BCUT2D eigenvalue weighted by molar-refractivity contribution is 5.75. The van der Waals surface area contributed by atoms with E-state index in [4.69, 9.17) is 0 Å². The molecule has 0 aromatic heterocycles. The summed E-state index contributed by atoms with van der Waals surface area (Å²) >= 11 is 0. The minimum atomic E-state index is 0.304. The van der Waals surface area contributed by atoms with Crippen LogP contribution in [0.1, 0.15) is 32.6 Å². The van der Waals surface area contributed by atoms with Gasteiger partial charge in [0.2, 0.25) is 5.91 Å². The smallest absolute Gasteiger partial charge is 0.222 e. The van der Waals surface area contributed by atoms with Crippen molar-refractivity contribution in [2.75, 3.05) is 26.7 Å². The molecule has 14 heavy (non-hydrogen) atoms. The minimum absolute atomic E-state index is 0.304. The van der Waals surface area contributed by atoms with Gasteiger partial charge in [-0.2, -0.15) is 0 Å². The van der Waals surface area contributed by atoms with Crippen LogP contribution >= 0.6 is 0 Å². The topological polar surface area (TPSA) is 32.3 Å². The van der Waals surface area contributed by atoms with Gasteiger partial charge in [0.25, 0.3) is 0 Å². The molecule has 82 valence electrons. The molecule has 1 fully saturated rings. The van der Waals surface area contributed by atoms with Crippen molar-refractivity contribution in [3.63, 3.8) is 0 Å². The Labute approximate surface area is 86.9 Å². The highest BCUT2D eigenvalue weighted by atomic mass is 16.2. The third kappa shape index (κ3) is 3.66. The molecule has 0 spiro atoms. The summed E-state index contributed by atoms with van der Waals surface area (Å²) in [5.74, 6) is 1.03. The van der Waals surface area contributed by atoms with Crippen LogP contribution in [0.25, 0.3) is 0 Å². The summed E-state index contributed by atoms with van der Waals surface area (Å²) in [6.07, 6.45) is 4.07. The molecule has 1 N–H and O–H groups in total. The van der Waals surface area contributed by atoms with E-state index >= 15 is 0 Å². The largest absolute Gasteiger partial charge is 0.346 e. The van der Waals surface area contributed by atoms with Crippen LogP contribution in [-0.2, 0) is 4.79 Å². The number of rotatable bonds is 5. The third-order valence-electron chi connectivity index (χ3n) is 2.91. The van der Waals surface area contributed by atoms with E-state index in [9.17, 15) is 4.79 Å². The second-order valence-electron chi connectivity index (χ2n) is 4.21. The molecule has 0 saturated carbocycles. The van der Waals surface area contributed by atoms with E-state index in [0.29, 0.717) is 5.91 Å². The Balaban J connectivity index is 2.13. The summed E-state index contributed by atoms with van der Waals surface area (Å²) in [4.78, 5) is 13.4. The van der Waals surface area contributed by atoms with E-state index in [1.165, 1.54) is 6.42 Å². The fourth-order valence-electron chi connectivity index (χ4n) is 1.94. The van der Waals surface area contributed by atoms with E-state index in [1.807, 2.05) is 11.9 Å². The lowest BCUT2D eigenvalue weighted by Gasteiger charge is -2.17. The van der Waals surface area contributed by atoms with E-state index in [-0.39, 0.29) is 0 Å². The minimum Gasteiger partial charge on any atom is -0.346 e. The fraction of sp³-hybridized carbons (Fsp3) is 0.909. The molecule has 0 radical (unpaired) electrons. The molecule has 3 nitrogen and oxygen atoms in total. The summed E-state index contributed by atoms with van der Waals surface area (Å²) in [5, 5.41) is 3.33. The molecule has 0 aliphatic carbocycles.